The largest absolute Gasteiger partial charge is 0.368 e. The number of anilines is 3. The van der Waals surface area contributed by atoms with E-state index in [1.807, 2.05) is 0 Å². The predicted molar refractivity (Wildman–Crippen MR) is 82.7 cm³/mol. The van der Waals surface area contributed by atoms with Gasteiger partial charge in [0, 0.05) is 17.9 Å². The van der Waals surface area contributed by atoms with Crippen LogP contribution in [0.1, 0.15) is 6.42 Å². The van der Waals surface area contributed by atoms with E-state index in [1.165, 1.54) is 0 Å². The Labute approximate surface area is 126 Å². The van der Waals surface area contributed by atoms with Gasteiger partial charge in [0.25, 0.3) is 0 Å². The van der Waals surface area contributed by atoms with Crippen LogP contribution in [0.15, 0.2) is 30.3 Å². The summed E-state index contributed by atoms with van der Waals surface area (Å²) in [4.78, 5) is 32.7. The highest BCUT2D eigenvalue weighted by atomic mass is 31.2. The lowest BCUT2D eigenvalue weighted by Gasteiger charge is -2.11. The standard InChI is InChI=1S/C12H15N6O3P/c13-10-16-11(14)18-12(17-10)15-9(19)6-7-22(20,21)8-4-2-1-3-5-8/h1-5H,6-7H2,(H,20,21)(H5,13,14,15,16,17,18,19). The lowest BCUT2D eigenvalue weighted by atomic mass is 10.4. The molecular formula is C12H15N6O3P. The van der Waals surface area contributed by atoms with Crippen LogP contribution in [0.4, 0.5) is 17.8 Å². The van der Waals surface area contributed by atoms with E-state index in [0.29, 0.717) is 5.30 Å². The van der Waals surface area contributed by atoms with Crippen LogP contribution >= 0.6 is 7.37 Å². The van der Waals surface area contributed by atoms with Crippen LogP contribution < -0.4 is 22.1 Å². The zero-order valence-corrected chi connectivity index (χ0v) is 12.4. The number of nitrogens with one attached hydrogen (secondary N) is 1. The fraction of sp³-hybridized carbons (Fsp3) is 0.167. The van der Waals surface area contributed by atoms with Crippen molar-refractivity contribution in [1.29, 1.82) is 0 Å². The normalized spacial score (nSPS) is 13.3. The Bertz CT molecular complexity index is 704. The summed E-state index contributed by atoms with van der Waals surface area (Å²) in [7, 11) is -3.59. The lowest BCUT2D eigenvalue weighted by molar-refractivity contribution is -0.115. The van der Waals surface area contributed by atoms with E-state index >= 15 is 0 Å². The molecule has 22 heavy (non-hydrogen) atoms. The van der Waals surface area contributed by atoms with E-state index in [1.54, 1.807) is 30.3 Å². The number of amides is 1. The van der Waals surface area contributed by atoms with Crippen LogP contribution in [0.5, 0.6) is 0 Å². The topological polar surface area (TPSA) is 157 Å². The van der Waals surface area contributed by atoms with Gasteiger partial charge in [0.05, 0.1) is 0 Å². The minimum atomic E-state index is -3.59. The SMILES string of the molecule is Nc1nc(N)nc(NC(=O)CCP(=O)(O)c2ccccc2)n1. The zero-order chi connectivity index (χ0) is 16.2. The third-order valence-electron chi connectivity index (χ3n) is 2.72. The molecule has 0 bridgehead atoms. The van der Waals surface area contributed by atoms with E-state index in [-0.39, 0.29) is 30.4 Å². The van der Waals surface area contributed by atoms with Gasteiger partial charge in [-0.3, -0.25) is 14.7 Å². The average Bonchev–Trinajstić information content (AvgIpc) is 2.45. The smallest absolute Gasteiger partial charge is 0.236 e. The maximum absolute atomic E-state index is 12.2. The first-order chi connectivity index (χ1) is 10.4. The molecule has 0 spiro atoms. The maximum atomic E-state index is 12.2. The summed E-state index contributed by atoms with van der Waals surface area (Å²) < 4.78 is 12.2. The molecule has 0 saturated heterocycles. The molecule has 9 nitrogen and oxygen atoms in total. The van der Waals surface area contributed by atoms with Gasteiger partial charge in [0.15, 0.2) is 0 Å². The number of hydrogen-bond acceptors (Lipinski definition) is 7. The molecule has 1 atom stereocenters. The Balaban J connectivity index is 1.97. The summed E-state index contributed by atoms with van der Waals surface area (Å²) in [5, 5.41) is 2.66. The van der Waals surface area contributed by atoms with Gasteiger partial charge in [-0.25, -0.2) is 0 Å². The van der Waals surface area contributed by atoms with E-state index < -0.39 is 13.3 Å². The fourth-order valence-electron chi connectivity index (χ4n) is 1.70. The van der Waals surface area contributed by atoms with Gasteiger partial charge in [0.2, 0.25) is 31.1 Å². The highest BCUT2D eigenvalue weighted by Crippen LogP contribution is 2.39. The Morgan fingerprint density at radius 2 is 1.73 bits per heavy atom. The zero-order valence-electron chi connectivity index (χ0n) is 11.5. The van der Waals surface area contributed by atoms with Gasteiger partial charge in [-0.2, -0.15) is 15.0 Å². The van der Waals surface area contributed by atoms with Gasteiger partial charge in [-0.1, -0.05) is 18.2 Å². The lowest BCUT2D eigenvalue weighted by Crippen LogP contribution is -2.18. The Morgan fingerprint density at radius 3 is 2.32 bits per heavy atom. The number of nitrogens with zero attached hydrogens (tertiary/aromatic N) is 3. The maximum Gasteiger partial charge on any atom is 0.236 e. The second-order valence-corrected chi connectivity index (χ2v) is 6.80. The van der Waals surface area contributed by atoms with Gasteiger partial charge in [-0.05, 0) is 12.1 Å². The molecule has 1 aromatic carbocycles. The molecule has 1 aromatic heterocycles. The number of aromatic nitrogens is 3. The molecule has 116 valence electrons. The molecule has 0 radical (unpaired) electrons. The van der Waals surface area contributed by atoms with Crippen molar-refractivity contribution in [3.63, 3.8) is 0 Å². The van der Waals surface area contributed by atoms with Crippen LogP contribution in [-0.4, -0.2) is 31.9 Å². The van der Waals surface area contributed by atoms with E-state index in [4.69, 9.17) is 11.5 Å². The number of rotatable bonds is 5. The molecule has 1 amide bonds. The van der Waals surface area contributed by atoms with Crippen LogP contribution in [0.3, 0.4) is 0 Å². The third kappa shape index (κ3) is 4.24. The Hall–Kier alpha value is -2.51. The molecule has 10 heteroatoms. The number of nitrogen functional groups attached to an aromatic ring is 2. The second kappa shape index (κ2) is 6.50. The van der Waals surface area contributed by atoms with Crippen molar-refractivity contribution in [2.24, 2.45) is 0 Å². The third-order valence-corrected chi connectivity index (χ3v) is 4.66. The first-order valence-corrected chi connectivity index (χ1v) is 8.15. The van der Waals surface area contributed by atoms with E-state index in [9.17, 15) is 14.3 Å². The number of carbonyl (C=O) groups excluding carboxylic acids is 1. The highest BCUT2D eigenvalue weighted by molar-refractivity contribution is 7.66. The first-order valence-electron chi connectivity index (χ1n) is 6.31. The van der Waals surface area contributed by atoms with E-state index in [0.717, 1.165) is 0 Å². The molecular weight excluding hydrogens is 307 g/mol. The average molecular weight is 322 g/mol. The molecule has 0 saturated carbocycles. The number of benzene rings is 1. The summed E-state index contributed by atoms with van der Waals surface area (Å²) in [6.07, 6.45) is -0.368. The van der Waals surface area contributed by atoms with E-state index in [2.05, 4.69) is 20.3 Å². The molecule has 1 unspecified atom stereocenters. The Kier molecular flexibility index (Phi) is 4.69. The van der Waals surface area contributed by atoms with Crippen LogP contribution in [-0.2, 0) is 9.36 Å². The number of hydrogen-bond donors (Lipinski definition) is 4. The number of nitrogens with two attached hydrogens (primary N) is 2. The van der Waals surface area contributed by atoms with Crippen LogP contribution in [0, 0.1) is 0 Å². The molecule has 1 heterocycles. The molecule has 2 rings (SSSR count). The minimum absolute atomic E-state index is 0.0949. The summed E-state index contributed by atoms with van der Waals surface area (Å²) >= 11 is 0. The minimum Gasteiger partial charge on any atom is -0.368 e. The Morgan fingerprint density at radius 1 is 1.14 bits per heavy atom. The molecule has 0 aliphatic rings. The van der Waals surface area contributed by atoms with Crippen molar-refractivity contribution in [3.8, 4) is 0 Å². The van der Waals surface area contributed by atoms with Crippen LogP contribution in [0.2, 0.25) is 0 Å². The fourth-order valence-corrected chi connectivity index (χ4v) is 3.10. The quantitative estimate of drug-likeness (QED) is 0.558. The van der Waals surface area contributed by atoms with Gasteiger partial charge in [-0.15, -0.1) is 0 Å². The summed E-state index contributed by atoms with van der Waals surface area (Å²) in [6.45, 7) is 0. The van der Waals surface area contributed by atoms with Crippen molar-refractivity contribution in [1.82, 2.24) is 15.0 Å². The first kappa shape index (κ1) is 15.9. The van der Waals surface area contributed by atoms with Gasteiger partial charge >= 0.3 is 0 Å². The highest BCUT2D eigenvalue weighted by Gasteiger charge is 2.22. The summed E-state index contributed by atoms with van der Waals surface area (Å²) in [6, 6.07) is 8.16. The molecule has 0 aliphatic heterocycles. The summed E-state index contributed by atoms with van der Waals surface area (Å²) in [5.41, 5.74) is 10.8. The van der Waals surface area contributed by atoms with Gasteiger partial charge in [0.1, 0.15) is 0 Å². The van der Waals surface area contributed by atoms with Crippen molar-refractivity contribution in [2.45, 2.75) is 6.42 Å². The summed E-state index contributed by atoms with van der Waals surface area (Å²) in [5.74, 6) is -0.863. The van der Waals surface area contributed by atoms with Crippen molar-refractivity contribution in [2.75, 3.05) is 22.9 Å². The second-order valence-electron chi connectivity index (χ2n) is 4.43. The molecule has 6 N–H and O–H groups in total. The van der Waals surface area contributed by atoms with Crippen molar-refractivity contribution < 1.29 is 14.3 Å². The molecule has 0 aliphatic carbocycles. The van der Waals surface area contributed by atoms with Gasteiger partial charge < -0.3 is 16.4 Å². The molecule has 2 aromatic rings. The predicted octanol–water partition coefficient (Wildman–Crippen LogP) is -0.0395. The number of carbonyl (C=O) groups is 1. The van der Waals surface area contributed by atoms with Crippen molar-refractivity contribution in [3.05, 3.63) is 30.3 Å². The monoisotopic (exact) mass is 322 g/mol. The molecule has 0 fully saturated rings. The van der Waals surface area contributed by atoms with Crippen LogP contribution in [0.25, 0.3) is 0 Å². The van der Waals surface area contributed by atoms with Crippen molar-refractivity contribution >= 4 is 36.4 Å².